The maximum Gasteiger partial charge on any atom is 0.325 e. The van der Waals surface area contributed by atoms with E-state index in [0.717, 1.165) is 17.5 Å². The van der Waals surface area contributed by atoms with Crippen LogP contribution in [0.25, 0.3) is 11.1 Å². The molecule has 0 atom stereocenters. The second-order valence-electron chi connectivity index (χ2n) is 6.45. The zero-order valence-corrected chi connectivity index (χ0v) is 14.9. The third-order valence-corrected chi connectivity index (χ3v) is 4.62. The monoisotopic (exact) mass is 375 g/mol. The number of carbonyl (C=O) groups excluding carboxylic acids is 3. The lowest BCUT2D eigenvalue weighted by molar-refractivity contribution is -0.141. The molecule has 1 amide bonds. The number of ether oxygens (including phenoxy) is 1. The molecule has 1 heterocycles. The van der Waals surface area contributed by atoms with Gasteiger partial charge >= 0.3 is 5.97 Å². The normalized spacial score (nSPS) is 11.4. The minimum Gasteiger partial charge on any atom is -0.459 e. The van der Waals surface area contributed by atoms with Gasteiger partial charge in [-0.2, -0.15) is 0 Å². The number of hydrogen-bond donors (Lipinski definition) is 1. The van der Waals surface area contributed by atoms with Crippen LogP contribution in [0.4, 0.5) is 0 Å². The van der Waals surface area contributed by atoms with Crippen LogP contribution in [0.2, 0.25) is 0 Å². The molecule has 0 saturated heterocycles. The van der Waals surface area contributed by atoms with Gasteiger partial charge in [-0.3, -0.25) is 14.4 Å². The summed E-state index contributed by atoms with van der Waals surface area (Å²) in [5, 5.41) is 2.37. The van der Waals surface area contributed by atoms with Gasteiger partial charge in [0.1, 0.15) is 6.54 Å². The van der Waals surface area contributed by atoms with E-state index in [9.17, 15) is 14.4 Å². The van der Waals surface area contributed by atoms with Crippen LogP contribution in [-0.4, -0.2) is 30.8 Å². The number of amides is 1. The van der Waals surface area contributed by atoms with E-state index in [2.05, 4.69) is 11.4 Å². The molecule has 0 unspecified atom stereocenters. The highest BCUT2D eigenvalue weighted by atomic mass is 16.5. The van der Waals surface area contributed by atoms with Gasteiger partial charge in [0.2, 0.25) is 0 Å². The van der Waals surface area contributed by atoms with Crippen LogP contribution in [0, 0.1) is 0 Å². The van der Waals surface area contributed by atoms with Crippen molar-refractivity contribution in [3.05, 3.63) is 83.3 Å². The van der Waals surface area contributed by atoms with Crippen molar-refractivity contribution in [1.29, 1.82) is 0 Å². The van der Waals surface area contributed by atoms with Gasteiger partial charge in [0.05, 0.1) is 6.26 Å². The summed E-state index contributed by atoms with van der Waals surface area (Å²) in [5.74, 6) is -1.41. The molecule has 3 aromatic rings. The number of carbonyl (C=O) groups is 3. The first-order valence-electron chi connectivity index (χ1n) is 8.83. The van der Waals surface area contributed by atoms with Crippen LogP contribution in [0.3, 0.4) is 0 Å². The van der Waals surface area contributed by atoms with Crippen molar-refractivity contribution in [1.82, 2.24) is 5.32 Å². The molecule has 0 bridgehead atoms. The van der Waals surface area contributed by atoms with Crippen LogP contribution < -0.4 is 5.32 Å². The Morgan fingerprint density at radius 1 is 0.964 bits per heavy atom. The first-order chi connectivity index (χ1) is 13.6. The Morgan fingerprint density at radius 3 is 2.61 bits per heavy atom. The number of rotatable bonds is 6. The average Bonchev–Trinajstić information content (AvgIpc) is 3.37. The molecule has 140 valence electrons. The molecule has 2 aromatic carbocycles. The topological polar surface area (TPSA) is 85.6 Å². The number of hydrogen-bond acceptors (Lipinski definition) is 5. The molecule has 0 saturated carbocycles. The Balaban J connectivity index is 1.34. The Hall–Kier alpha value is -3.67. The van der Waals surface area contributed by atoms with Crippen LogP contribution >= 0.6 is 0 Å². The van der Waals surface area contributed by atoms with E-state index < -0.39 is 11.9 Å². The fourth-order valence-corrected chi connectivity index (χ4v) is 3.22. The molecular weight excluding hydrogens is 358 g/mol. The van der Waals surface area contributed by atoms with E-state index in [0.29, 0.717) is 5.56 Å². The summed E-state index contributed by atoms with van der Waals surface area (Å²) in [4.78, 5) is 35.9. The zero-order chi connectivity index (χ0) is 19.5. The highest BCUT2D eigenvalue weighted by Crippen LogP contribution is 2.36. The molecular formula is C22H17NO5. The summed E-state index contributed by atoms with van der Waals surface area (Å²) in [5.41, 5.74) is 5.07. The van der Waals surface area contributed by atoms with Crippen LogP contribution in [-0.2, 0) is 16.0 Å². The molecule has 6 heteroatoms. The van der Waals surface area contributed by atoms with Crippen molar-refractivity contribution in [2.45, 2.75) is 6.42 Å². The molecule has 1 aliphatic carbocycles. The average molecular weight is 375 g/mol. The van der Waals surface area contributed by atoms with Gasteiger partial charge in [0.15, 0.2) is 18.2 Å². The summed E-state index contributed by atoms with van der Waals surface area (Å²) >= 11 is 0. The summed E-state index contributed by atoms with van der Waals surface area (Å²) < 4.78 is 9.91. The standard InChI is InChI=1S/C22H17NO5/c24-19(13-28-21(25)12-23-22(26)20-6-3-9-27-20)16-8-7-15-10-14-4-1-2-5-17(14)18(15)11-16/h1-9,11H,10,12-13H2,(H,23,26). The Kier molecular flexibility index (Phi) is 4.76. The third-order valence-electron chi connectivity index (χ3n) is 4.62. The molecule has 28 heavy (non-hydrogen) atoms. The van der Waals surface area contributed by atoms with Crippen molar-refractivity contribution in [2.75, 3.05) is 13.2 Å². The van der Waals surface area contributed by atoms with Crippen LogP contribution in [0.1, 0.15) is 32.0 Å². The molecule has 0 radical (unpaired) electrons. The van der Waals surface area contributed by atoms with E-state index >= 15 is 0 Å². The highest BCUT2D eigenvalue weighted by molar-refractivity contribution is 6.00. The van der Waals surface area contributed by atoms with E-state index in [1.165, 1.54) is 23.5 Å². The number of benzene rings is 2. The molecule has 6 nitrogen and oxygen atoms in total. The molecule has 0 spiro atoms. The SMILES string of the molecule is O=C(CNC(=O)c1ccco1)OCC(=O)c1ccc2c(c1)-c1ccccc1C2. The summed E-state index contributed by atoms with van der Waals surface area (Å²) in [6.07, 6.45) is 2.21. The number of furan rings is 1. The van der Waals surface area contributed by atoms with Crippen LogP contribution in [0.15, 0.2) is 65.3 Å². The fraction of sp³-hybridized carbons (Fsp3) is 0.136. The lowest BCUT2D eigenvalue weighted by Crippen LogP contribution is -2.31. The number of Topliss-reactive ketones (excluding diaryl/α,β-unsaturated/α-hetero) is 1. The minimum absolute atomic E-state index is 0.0994. The summed E-state index contributed by atoms with van der Waals surface area (Å²) in [6.45, 7) is -0.722. The predicted octanol–water partition coefficient (Wildman–Crippen LogP) is 3.01. The quantitative estimate of drug-likeness (QED) is 0.414. The molecule has 1 aliphatic rings. The molecule has 1 aromatic heterocycles. The van der Waals surface area contributed by atoms with Crippen molar-refractivity contribution in [2.24, 2.45) is 0 Å². The van der Waals surface area contributed by atoms with Crippen molar-refractivity contribution in [3.8, 4) is 11.1 Å². The summed E-state index contributed by atoms with van der Waals surface area (Å²) in [6, 6.07) is 16.7. The molecule has 4 rings (SSSR count). The van der Waals surface area contributed by atoms with Gasteiger partial charge in [-0.25, -0.2) is 0 Å². The van der Waals surface area contributed by atoms with Gasteiger partial charge in [0, 0.05) is 5.56 Å². The van der Waals surface area contributed by atoms with E-state index in [1.807, 2.05) is 30.3 Å². The van der Waals surface area contributed by atoms with Gasteiger partial charge in [-0.15, -0.1) is 0 Å². The Bertz CT molecular complexity index is 1050. The van der Waals surface area contributed by atoms with Crippen LogP contribution in [0.5, 0.6) is 0 Å². The van der Waals surface area contributed by atoms with E-state index in [4.69, 9.17) is 9.15 Å². The second-order valence-corrected chi connectivity index (χ2v) is 6.45. The number of nitrogens with one attached hydrogen (secondary N) is 1. The summed E-state index contributed by atoms with van der Waals surface area (Å²) in [7, 11) is 0. The maximum atomic E-state index is 12.4. The Morgan fingerprint density at radius 2 is 1.79 bits per heavy atom. The lowest BCUT2D eigenvalue weighted by atomic mass is 10.0. The zero-order valence-electron chi connectivity index (χ0n) is 14.9. The van der Waals surface area contributed by atoms with Crippen molar-refractivity contribution >= 4 is 17.7 Å². The van der Waals surface area contributed by atoms with Gasteiger partial charge < -0.3 is 14.5 Å². The fourth-order valence-electron chi connectivity index (χ4n) is 3.22. The minimum atomic E-state index is -0.695. The molecule has 0 aliphatic heterocycles. The van der Waals surface area contributed by atoms with Crippen molar-refractivity contribution in [3.63, 3.8) is 0 Å². The lowest BCUT2D eigenvalue weighted by Gasteiger charge is -2.07. The number of esters is 1. The van der Waals surface area contributed by atoms with Crippen molar-refractivity contribution < 1.29 is 23.5 Å². The first-order valence-corrected chi connectivity index (χ1v) is 8.83. The largest absolute Gasteiger partial charge is 0.459 e. The Labute approximate surface area is 161 Å². The maximum absolute atomic E-state index is 12.4. The van der Waals surface area contributed by atoms with Gasteiger partial charge in [0.25, 0.3) is 5.91 Å². The third kappa shape index (κ3) is 3.57. The van der Waals surface area contributed by atoms with Gasteiger partial charge in [-0.05, 0) is 46.9 Å². The highest BCUT2D eigenvalue weighted by Gasteiger charge is 2.20. The molecule has 0 fully saturated rings. The first kappa shape index (κ1) is 17.7. The predicted molar refractivity (Wildman–Crippen MR) is 101 cm³/mol. The van der Waals surface area contributed by atoms with Gasteiger partial charge in [-0.1, -0.05) is 36.4 Å². The molecule has 1 N–H and O–H groups in total. The smallest absolute Gasteiger partial charge is 0.325 e. The van der Waals surface area contributed by atoms with E-state index in [-0.39, 0.29) is 24.7 Å². The number of ketones is 1. The second kappa shape index (κ2) is 7.52. The van der Waals surface area contributed by atoms with E-state index in [1.54, 1.807) is 12.1 Å². The number of fused-ring (bicyclic) bond motifs is 3.